The van der Waals surface area contributed by atoms with Crippen LogP contribution in [0.4, 0.5) is 5.69 Å². The van der Waals surface area contributed by atoms with Crippen LogP contribution in [0.25, 0.3) is 0 Å². The molecule has 0 N–H and O–H groups in total. The minimum Gasteiger partial charge on any atom is -0.258 e. The van der Waals surface area contributed by atoms with Gasteiger partial charge < -0.3 is 0 Å². The molecule has 0 spiro atoms. The van der Waals surface area contributed by atoms with Crippen molar-refractivity contribution in [1.29, 1.82) is 5.26 Å². The first-order valence-electron chi connectivity index (χ1n) is 5.33. The summed E-state index contributed by atoms with van der Waals surface area (Å²) in [4.78, 5) is 13.3. The van der Waals surface area contributed by atoms with Gasteiger partial charge in [0.2, 0.25) is 6.19 Å². The molecule has 1 fully saturated rings. The fourth-order valence-electron chi connectivity index (χ4n) is 1.63. The summed E-state index contributed by atoms with van der Waals surface area (Å²) in [5.74, 6) is 0.481. The zero-order chi connectivity index (χ0) is 14.8. The molecule has 0 aromatic heterocycles. The first-order chi connectivity index (χ1) is 9.46. The molecule has 1 aromatic carbocycles. The minimum atomic E-state index is -3.94. The van der Waals surface area contributed by atoms with E-state index in [4.69, 9.17) is 5.26 Å². The Morgan fingerprint density at radius 2 is 2.25 bits per heavy atom. The van der Waals surface area contributed by atoms with Crippen molar-refractivity contribution < 1.29 is 13.3 Å². The lowest BCUT2D eigenvalue weighted by Gasteiger charge is -2.16. The Morgan fingerprint density at radius 1 is 1.50 bits per heavy atom. The molecule has 0 bridgehead atoms. The van der Waals surface area contributed by atoms with Crippen molar-refractivity contribution in [2.45, 2.75) is 4.90 Å². The lowest BCUT2D eigenvalue weighted by atomic mass is 10.3. The monoisotopic (exact) mass is 312 g/mol. The number of hydrogen-bond acceptors (Lipinski definition) is 7. The van der Waals surface area contributed by atoms with Gasteiger partial charge in [0.15, 0.2) is 5.17 Å². The molecule has 0 aliphatic carbocycles. The van der Waals surface area contributed by atoms with Gasteiger partial charge in [-0.25, -0.2) is 12.7 Å². The van der Waals surface area contributed by atoms with E-state index in [9.17, 15) is 18.5 Å². The van der Waals surface area contributed by atoms with Crippen LogP contribution >= 0.6 is 11.8 Å². The molecule has 1 heterocycles. The predicted molar refractivity (Wildman–Crippen MR) is 72.5 cm³/mol. The van der Waals surface area contributed by atoms with Gasteiger partial charge in [-0.05, 0) is 6.07 Å². The molecule has 0 saturated carbocycles. The number of non-ortho nitro benzene ring substituents is 1. The van der Waals surface area contributed by atoms with Crippen molar-refractivity contribution in [2.75, 3.05) is 12.3 Å². The van der Waals surface area contributed by atoms with Crippen LogP contribution in [-0.2, 0) is 10.0 Å². The lowest BCUT2D eigenvalue weighted by molar-refractivity contribution is -0.385. The summed E-state index contributed by atoms with van der Waals surface area (Å²) < 4.78 is 25.8. The van der Waals surface area contributed by atoms with Gasteiger partial charge in [0.05, 0.1) is 9.82 Å². The first kappa shape index (κ1) is 14.3. The van der Waals surface area contributed by atoms with Crippen LogP contribution in [0.15, 0.2) is 34.2 Å². The Balaban J connectivity index is 2.46. The molecule has 20 heavy (non-hydrogen) atoms. The highest BCUT2D eigenvalue weighted by atomic mass is 32.2. The summed E-state index contributed by atoms with van der Waals surface area (Å²) in [5, 5.41) is 19.3. The molecule has 0 amide bonds. The number of nitriles is 1. The van der Waals surface area contributed by atoms with Crippen LogP contribution in [-0.4, -0.2) is 35.1 Å². The van der Waals surface area contributed by atoms with Crippen molar-refractivity contribution in [3.63, 3.8) is 0 Å². The molecule has 0 unspecified atom stereocenters. The molecule has 0 radical (unpaired) electrons. The predicted octanol–water partition coefficient (Wildman–Crippen LogP) is 1.17. The van der Waals surface area contributed by atoms with E-state index >= 15 is 0 Å². The highest BCUT2D eigenvalue weighted by Gasteiger charge is 2.33. The number of amidine groups is 1. The smallest absolute Gasteiger partial charge is 0.258 e. The Hall–Kier alpha value is -2.12. The molecule has 1 aromatic rings. The van der Waals surface area contributed by atoms with Gasteiger partial charge in [-0.2, -0.15) is 5.26 Å². The molecule has 104 valence electrons. The molecule has 10 heteroatoms. The van der Waals surface area contributed by atoms with Gasteiger partial charge in [-0.1, -0.05) is 17.8 Å². The van der Waals surface area contributed by atoms with E-state index in [-0.39, 0.29) is 22.3 Å². The van der Waals surface area contributed by atoms with Gasteiger partial charge in [-0.15, -0.1) is 4.99 Å². The van der Waals surface area contributed by atoms with E-state index in [1.165, 1.54) is 18.2 Å². The Labute approximate surface area is 118 Å². The summed E-state index contributed by atoms with van der Waals surface area (Å²) in [6, 6.07) is 4.77. The summed E-state index contributed by atoms with van der Waals surface area (Å²) in [5.41, 5.74) is -0.309. The average molecular weight is 312 g/mol. The van der Waals surface area contributed by atoms with Gasteiger partial charge >= 0.3 is 0 Å². The molecule has 1 aliphatic heterocycles. The lowest BCUT2D eigenvalue weighted by Crippen LogP contribution is -2.31. The molecular formula is C10H8N4O4S2. The number of sulfonamides is 1. The standard InChI is InChI=1S/C10H8N4O4S2/c11-7-12-10-13(4-5-19-10)20(17,18)9-3-1-2-8(6-9)14(15)16/h1-3,6H,4-5H2. The van der Waals surface area contributed by atoms with E-state index < -0.39 is 14.9 Å². The highest BCUT2D eigenvalue weighted by molar-refractivity contribution is 8.15. The van der Waals surface area contributed by atoms with E-state index in [2.05, 4.69) is 4.99 Å². The maximum absolute atomic E-state index is 12.4. The Bertz CT molecular complexity index is 723. The zero-order valence-electron chi connectivity index (χ0n) is 9.96. The van der Waals surface area contributed by atoms with Crippen molar-refractivity contribution in [2.24, 2.45) is 4.99 Å². The molecule has 1 aliphatic rings. The van der Waals surface area contributed by atoms with Crippen LogP contribution in [0.1, 0.15) is 0 Å². The summed E-state index contributed by atoms with van der Waals surface area (Å²) in [6.07, 6.45) is 1.55. The molecule has 8 nitrogen and oxygen atoms in total. The number of nitro groups is 1. The fourth-order valence-corrected chi connectivity index (χ4v) is 4.34. The van der Waals surface area contributed by atoms with Crippen LogP contribution in [0, 0.1) is 21.6 Å². The molecule has 2 rings (SSSR count). The Morgan fingerprint density at radius 3 is 2.90 bits per heavy atom. The number of thioether (sulfide) groups is 1. The maximum Gasteiger partial charge on any atom is 0.270 e. The average Bonchev–Trinajstić information content (AvgIpc) is 2.88. The third kappa shape index (κ3) is 2.59. The second kappa shape index (κ2) is 5.48. The van der Waals surface area contributed by atoms with Gasteiger partial charge in [-0.3, -0.25) is 10.1 Å². The van der Waals surface area contributed by atoms with Crippen LogP contribution in [0.3, 0.4) is 0 Å². The number of hydrogen-bond donors (Lipinski definition) is 0. The summed E-state index contributed by atoms with van der Waals surface area (Å²) in [6.45, 7) is 0.177. The van der Waals surface area contributed by atoms with Crippen molar-refractivity contribution in [3.8, 4) is 6.19 Å². The SMILES string of the molecule is N#CN=C1SCCN1S(=O)(=O)c1cccc([N+](=O)[O-])c1. The van der Waals surface area contributed by atoms with E-state index in [0.717, 1.165) is 22.1 Å². The number of nitrogens with zero attached hydrogens (tertiary/aromatic N) is 4. The van der Waals surface area contributed by atoms with E-state index in [1.54, 1.807) is 6.19 Å². The summed E-state index contributed by atoms with van der Waals surface area (Å²) in [7, 11) is -3.94. The van der Waals surface area contributed by atoms with Gasteiger partial charge in [0, 0.05) is 24.4 Å². The van der Waals surface area contributed by atoms with Crippen LogP contribution < -0.4 is 0 Å². The van der Waals surface area contributed by atoms with Crippen molar-refractivity contribution >= 4 is 32.6 Å². The second-order valence-electron chi connectivity index (χ2n) is 3.67. The minimum absolute atomic E-state index is 0.0824. The third-order valence-corrected chi connectivity index (χ3v) is 5.36. The Kier molecular flexibility index (Phi) is 3.91. The zero-order valence-corrected chi connectivity index (χ0v) is 11.6. The highest BCUT2D eigenvalue weighted by Crippen LogP contribution is 2.27. The van der Waals surface area contributed by atoms with Gasteiger partial charge in [0.1, 0.15) is 0 Å². The second-order valence-corrected chi connectivity index (χ2v) is 6.60. The first-order valence-corrected chi connectivity index (χ1v) is 7.76. The third-order valence-electron chi connectivity index (χ3n) is 2.50. The fraction of sp³-hybridized carbons (Fsp3) is 0.200. The molecular weight excluding hydrogens is 304 g/mol. The van der Waals surface area contributed by atoms with Gasteiger partial charge in [0.25, 0.3) is 15.7 Å². The maximum atomic E-state index is 12.4. The normalized spacial score (nSPS) is 17.1. The van der Waals surface area contributed by atoms with E-state index in [0.29, 0.717) is 5.75 Å². The van der Waals surface area contributed by atoms with Crippen molar-refractivity contribution in [1.82, 2.24) is 4.31 Å². The number of nitro benzene ring substituents is 1. The quantitative estimate of drug-likeness (QED) is 0.470. The summed E-state index contributed by atoms with van der Waals surface area (Å²) >= 11 is 1.15. The topological polar surface area (TPSA) is 117 Å². The van der Waals surface area contributed by atoms with Crippen molar-refractivity contribution in [3.05, 3.63) is 34.4 Å². The number of benzene rings is 1. The largest absolute Gasteiger partial charge is 0.270 e. The molecule has 1 saturated heterocycles. The molecule has 0 atom stereocenters. The number of rotatable bonds is 3. The van der Waals surface area contributed by atoms with Crippen LogP contribution in [0.2, 0.25) is 0 Å². The number of aliphatic imine (C=N–C) groups is 1. The van der Waals surface area contributed by atoms with E-state index in [1.807, 2.05) is 0 Å². The van der Waals surface area contributed by atoms with Crippen LogP contribution in [0.5, 0.6) is 0 Å².